The minimum atomic E-state index is -0.908. The molecule has 0 saturated carbocycles. The van der Waals surface area contributed by atoms with Crippen LogP contribution in [0, 0.1) is 13.8 Å². The van der Waals surface area contributed by atoms with Crippen molar-refractivity contribution < 1.29 is 19.1 Å². The summed E-state index contributed by atoms with van der Waals surface area (Å²) in [7, 11) is 0. The van der Waals surface area contributed by atoms with Crippen LogP contribution in [0.3, 0.4) is 0 Å². The van der Waals surface area contributed by atoms with Crippen LogP contribution in [0.15, 0.2) is 65.8 Å². The highest BCUT2D eigenvalue weighted by atomic mass is 35.5. The number of para-hydroxylation sites is 1. The van der Waals surface area contributed by atoms with Gasteiger partial charge in [0.2, 0.25) is 0 Å². The highest BCUT2D eigenvalue weighted by Gasteiger charge is 2.15. The number of amides is 3. The maximum absolute atomic E-state index is 12.2. The van der Waals surface area contributed by atoms with Crippen LogP contribution >= 0.6 is 23.2 Å². The number of hydrogen-bond acceptors (Lipinski definition) is 5. The number of nitrogens with zero attached hydrogens (tertiary/aromatic N) is 1. The van der Waals surface area contributed by atoms with E-state index in [2.05, 4.69) is 21.2 Å². The number of anilines is 2. The molecule has 0 heterocycles. The van der Waals surface area contributed by atoms with Crippen LogP contribution in [0.4, 0.5) is 11.4 Å². The van der Waals surface area contributed by atoms with Gasteiger partial charge in [-0.3, -0.25) is 14.4 Å². The zero-order valence-corrected chi connectivity index (χ0v) is 20.4. The van der Waals surface area contributed by atoms with Crippen molar-refractivity contribution in [1.29, 1.82) is 0 Å². The molecule has 3 N–H and O–H groups in total. The molecule has 0 fully saturated rings. The van der Waals surface area contributed by atoms with Crippen molar-refractivity contribution >= 4 is 58.5 Å². The van der Waals surface area contributed by atoms with Gasteiger partial charge in [0, 0.05) is 21.4 Å². The topological polar surface area (TPSA) is 109 Å². The second-order valence-corrected chi connectivity index (χ2v) is 8.36. The first kappa shape index (κ1) is 25.7. The molecule has 0 atom stereocenters. The number of rotatable bonds is 7. The lowest BCUT2D eigenvalue weighted by Crippen LogP contribution is -2.32. The fourth-order valence-electron chi connectivity index (χ4n) is 3.05. The van der Waals surface area contributed by atoms with Gasteiger partial charge in [-0.25, -0.2) is 5.43 Å². The van der Waals surface area contributed by atoms with Gasteiger partial charge in [-0.2, -0.15) is 5.10 Å². The molecule has 0 aliphatic heterocycles. The summed E-state index contributed by atoms with van der Waals surface area (Å²) in [6.07, 6.45) is 1.35. The normalized spacial score (nSPS) is 10.6. The van der Waals surface area contributed by atoms with Crippen LogP contribution in [-0.2, 0) is 14.4 Å². The molecule has 0 unspecified atom stereocenters. The minimum Gasteiger partial charge on any atom is -0.484 e. The van der Waals surface area contributed by atoms with Crippen LogP contribution in [-0.4, -0.2) is 30.5 Å². The van der Waals surface area contributed by atoms with Crippen molar-refractivity contribution in [2.24, 2.45) is 5.10 Å². The highest BCUT2D eigenvalue weighted by molar-refractivity contribution is 6.39. The van der Waals surface area contributed by atoms with Gasteiger partial charge in [-0.05, 0) is 60.9 Å². The summed E-state index contributed by atoms with van der Waals surface area (Å²) in [6.45, 7) is 3.43. The third-order valence-electron chi connectivity index (χ3n) is 4.68. The fourth-order valence-corrected chi connectivity index (χ4v) is 3.58. The molecule has 35 heavy (non-hydrogen) atoms. The summed E-state index contributed by atoms with van der Waals surface area (Å²) in [5.74, 6) is -1.73. The molecule has 3 aromatic rings. The summed E-state index contributed by atoms with van der Waals surface area (Å²) in [4.78, 5) is 36.4. The van der Waals surface area contributed by atoms with Gasteiger partial charge >= 0.3 is 11.8 Å². The summed E-state index contributed by atoms with van der Waals surface area (Å²) in [6, 6.07) is 16.9. The molecule has 0 aliphatic rings. The van der Waals surface area contributed by atoms with Gasteiger partial charge in [0.05, 0.1) is 6.21 Å². The molecule has 0 bridgehead atoms. The maximum Gasteiger partial charge on any atom is 0.329 e. The Morgan fingerprint density at radius 1 is 0.886 bits per heavy atom. The zero-order valence-electron chi connectivity index (χ0n) is 18.9. The molecule has 8 nitrogen and oxygen atoms in total. The second-order valence-electron chi connectivity index (χ2n) is 7.49. The number of aryl methyl sites for hydroxylation is 2. The third kappa shape index (κ3) is 7.84. The van der Waals surface area contributed by atoms with Crippen molar-refractivity contribution in [3.05, 3.63) is 87.4 Å². The van der Waals surface area contributed by atoms with Gasteiger partial charge in [0.25, 0.3) is 5.91 Å². The Morgan fingerprint density at radius 2 is 1.54 bits per heavy atom. The van der Waals surface area contributed by atoms with Gasteiger partial charge < -0.3 is 15.4 Å². The first-order valence-electron chi connectivity index (χ1n) is 10.4. The maximum atomic E-state index is 12.2. The number of nitrogens with one attached hydrogen (secondary N) is 3. The van der Waals surface area contributed by atoms with Crippen molar-refractivity contribution in [1.82, 2.24) is 5.43 Å². The predicted octanol–water partition coefficient (Wildman–Crippen LogP) is 4.72. The molecule has 10 heteroatoms. The van der Waals surface area contributed by atoms with Crippen molar-refractivity contribution in [2.75, 3.05) is 17.2 Å². The lowest BCUT2D eigenvalue weighted by molar-refractivity contribution is -0.136. The van der Waals surface area contributed by atoms with E-state index >= 15 is 0 Å². The van der Waals surface area contributed by atoms with E-state index in [1.807, 2.05) is 32.0 Å². The molecule has 0 aromatic heterocycles. The number of hydrogen-bond donors (Lipinski definition) is 3. The van der Waals surface area contributed by atoms with Crippen LogP contribution in [0.2, 0.25) is 10.0 Å². The molecule has 3 rings (SSSR count). The average Bonchev–Trinajstić information content (AvgIpc) is 2.79. The standard InChI is InChI=1S/C25H22Cl2N4O4/c1-15-5-3-6-16(2)23(15)30-24(33)25(34)31-28-13-17-7-4-8-21(9-17)35-14-22(32)29-20-11-18(26)10-19(27)12-20/h3-13H,14H2,1-2H3,(H,29,32)(H,30,33)(H,31,34)/b28-13-. The molecule has 180 valence electrons. The lowest BCUT2D eigenvalue weighted by Gasteiger charge is -2.10. The number of hydrazone groups is 1. The molecule has 0 spiro atoms. The Morgan fingerprint density at radius 3 is 2.23 bits per heavy atom. The third-order valence-corrected chi connectivity index (χ3v) is 5.12. The Hall–Kier alpha value is -3.88. The molecule has 0 aliphatic carbocycles. The number of carbonyl (C=O) groups excluding carboxylic acids is 3. The fraction of sp³-hybridized carbons (Fsp3) is 0.120. The Balaban J connectivity index is 1.51. The van der Waals surface area contributed by atoms with Gasteiger partial charge in [0.1, 0.15) is 5.75 Å². The Bertz CT molecular complexity index is 1250. The van der Waals surface area contributed by atoms with E-state index in [-0.39, 0.29) is 6.61 Å². The lowest BCUT2D eigenvalue weighted by atomic mass is 10.1. The number of carbonyl (C=O) groups is 3. The number of ether oxygens (including phenoxy) is 1. The average molecular weight is 513 g/mol. The predicted molar refractivity (Wildman–Crippen MR) is 137 cm³/mol. The minimum absolute atomic E-state index is 0.250. The molecule has 3 aromatic carbocycles. The Labute approximate surface area is 212 Å². The highest BCUT2D eigenvalue weighted by Crippen LogP contribution is 2.22. The number of benzene rings is 3. The Kier molecular flexibility index (Phi) is 8.83. The van der Waals surface area contributed by atoms with E-state index in [0.717, 1.165) is 11.1 Å². The first-order chi connectivity index (χ1) is 16.7. The smallest absolute Gasteiger partial charge is 0.329 e. The van der Waals surface area contributed by atoms with Crippen molar-refractivity contribution in [3.8, 4) is 5.75 Å². The van der Waals surface area contributed by atoms with Gasteiger partial charge in [-0.15, -0.1) is 0 Å². The SMILES string of the molecule is Cc1cccc(C)c1NC(=O)C(=O)N/N=C\c1cccc(OCC(=O)Nc2cc(Cl)cc(Cl)c2)c1. The zero-order chi connectivity index (χ0) is 25.4. The van der Waals surface area contributed by atoms with Crippen LogP contribution < -0.4 is 20.8 Å². The van der Waals surface area contributed by atoms with Gasteiger partial charge in [-0.1, -0.05) is 53.5 Å². The van der Waals surface area contributed by atoms with E-state index in [1.165, 1.54) is 6.21 Å². The van der Waals surface area contributed by atoms with E-state index in [1.54, 1.807) is 42.5 Å². The summed E-state index contributed by atoms with van der Waals surface area (Å²) >= 11 is 11.8. The molecule has 3 amide bonds. The van der Waals surface area contributed by atoms with Crippen LogP contribution in [0.5, 0.6) is 5.75 Å². The van der Waals surface area contributed by atoms with Crippen molar-refractivity contribution in [2.45, 2.75) is 13.8 Å². The summed E-state index contributed by atoms with van der Waals surface area (Å²) in [5, 5.41) is 9.84. The van der Waals surface area contributed by atoms with E-state index in [4.69, 9.17) is 27.9 Å². The quantitative estimate of drug-likeness (QED) is 0.241. The van der Waals surface area contributed by atoms with Gasteiger partial charge in [0.15, 0.2) is 6.61 Å². The number of halogens is 2. The van der Waals surface area contributed by atoms with E-state index in [9.17, 15) is 14.4 Å². The van der Waals surface area contributed by atoms with E-state index < -0.39 is 17.7 Å². The molecule has 0 saturated heterocycles. The largest absolute Gasteiger partial charge is 0.484 e. The van der Waals surface area contributed by atoms with Crippen LogP contribution in [0.1, 0.15) is 16.7 Å². The first-order valence-corrected chi connectivity index (χ1v) is 11.2. The monoisotopic (exact) mass is 512 g/mol. The summed E-state index contributed by atoms with van der Waals surface area (Å²) < 4.78 is 5.50. The summed E-state index contributed by atoms with van der Waals surface area (Å²) in [5.41, 5.74) is 5.50. The van der Waals surface area contributed by atoms with Crippen LogP contribution in [0.25, 0.3) is 0 Å². The molecule has 0 radical (unpaired) electrons. The second kappa shape index (κ2) is 12.0. The van der Waals surface area contributed by atoms with Crippen molar-refractivity contribution in [3.63, 3.8) is 0 Å². The molecular weight excluding hydrogens is 491 g/mol. The molecular formula is C25H22Cl2N4O4. The van der Waals surface area contributed by atoms with E-state index in [0.29, 0.717) is 32.7 Å².